The molecular formula is C13H17BrN2O3. The molecule has 0 aromatic heterocycles. The van der Waals surface area contributed by atoms with Crippen LogP contribution in [0.3, 0.4) is 0 Å². The van der Waals surface area contributed by atoms with Gasteiger partial charge in [-0.1, -0.05) is 34.1 Å². The van der Waals surface area contributed by atoms with Gasteiger partial charge < -0.3 is 10.0 Å². The van der Waals surface area contributed by atoms with Gasteiger partial charge in [0.05, 0.1) is 6.54 Å². The lowest BCUT2D eigenvalue weighted by Crippen LogP contribution is -2.41. The van der Waals surface area contributed by atoms with E-state index >= 15 is 0 Å². The number of likely N-dealkylation sites (N-methyl/N-ethyl adjacent to an activating group) is 1. The monoisotopic (exact) mass is 328 g/mol. The minimum atomic E-state index is -0.971. The summed E-state index contributed by atoms with van der Waals surface area (Å²) < 4.78 is 0.946. The van der Waals surface area contributed by atoms with E-state index in [0.717, 1.165) is 10.0 Å². The van der Waals surface area contributed by atoms with Crippen molar-refractivity contribution < 1.29 is 14.7 Å². The van der Waals surface area contributed by atoms with E-state index in [2.05, 4.69) is 21.2 Å². The normalized spacial score (nSPS) is 11.9. The Labute approximate surface area is 120 Å². The molecule has 0 saturated carbocycles. The van der Waals surface area contributed by atoms with Crippen molar-refractivity contribution in [2.45, 2.75) is 19.5 Å². The zero-order valence-electron chi connectivity index (χ0n) is 10.9. The highest BCUT2D eigenvalue weighted by molar-refractivity contribution is 9.10. The molecule has 0 aliphatic rings. The fraction of sp³-hybridized carbons (Fsp3) is 0.385. The van der Waals surface area contributed by atoms with Gasteiger partial charge in [-0.05, 0) is 18.6 Å². The molecule has 1 aromatic carbocycles. The summed E-state index contributed by atoms with van der Waals surface area (Å²) in [5.41, 5.74) is 1.00. The van der Waals surface area contributed by atoms with Gasteiger partial charge in [-0.2, -0.15) is 0 Å². The zero-order valence-corrected chi connectivity index (χ0v) is 12.5. The second kappa shape index (κ2) is 7.25. The number of hydrogen-bond donors (Lipinski definition) is 2. The largest absolute Gasteiger partial charge is 0.480 e. The summed E-state index contributed by atoms with van der Waals surface area (Å²) in [7, 11) is 1.69. The van der Waals surface area contributed by atoms with Gasteiger partial charge in [0, 0.05) is 18.1 Å². The van der Waals surface area contributed by atoms with Crippen molar-refractivity contribution in [3.63, 3.8) is 0 Å². The zero-order chi connectivity index (χ0) is 14.4. The van der Waals surface area contributed by atoms with E-state index in [-0.39, 0.29) is 12.5 Å². The number of benzene rings is 1. The first-order valence-corrected chi connectivity index (χ1v) is 6.64. The highest BCUT2D eigenvalue weighted by Gasteiger charge is 2.14. The quantitative estimate of drug-likeness (QED) is 0.829. The average Bonchev–Trinajstić information content (AvgIpc) is 2.37. The third-order valence-electron chi connectivity index (χ3n) is 2.72. The topological polar surface area (TPSA) is 69.6 Å². The molecule has 0 aliphatic heterocycles. The number of carbonyl (C=O) groups excluding carboxylic acids is 1. The number of hydrogen-bond acceptors (Lipinski definition) is 3. The van der Waals surface area contributed by atoms with E-state index in [1.165, 1.54) is 6.92 Å². The Morgan fingerprint density at radius 3 is 2.63 bits per heavy atom. The Bertz CT molecular complexity index is 465. The molecule has 0 unspecified atom stereocenters. The van der Waals surface area contributed by atoms with Crippen LogP contribution in [0.25, 0.3) is 0 Å². The molecule has 0 aliphatic carbocycles. The fourth-order valence-electron chi connectivity index (χ4n) is 1.43. The number of carboxylic acid groups (broad SMARTS) is 1. The number of amides is 1. The molecule has 1 rings (SSSR count). The van der Waals surface area contributed by atoms with Gasteiger partial charge in [0.1, 0.15) is 6.04 Å². The Balaban J connectivity index is 2.50. The van der Waals surface area contributed by atoms with Crippen LogP contribution in [0, 0.1) is 0 Å². The van der Waals surface area contributed by atoms with E-state index in [4.69, 9.17) is 5.11 Å². The Hall–Kier alpha value is -1.40. The maximum absolute atomic E-state index is 11.8. The first-order valence-electron chi connectivity index (χ1n) is 5.85. The lowest BCUT2D eigenvalue weighted by molar-refractivity contribution is -0.139. The molecular weight excluding hydrogens is 312 g/mol. The second-order valence-electron chi connectivity index (χ2n) is 4.28. The summed E-state index contributed by atoms with van der Waals surface area (Å²) in [5, 5.41) is 11.4. The van der Waals surface area contributed by atoms with Crippen LogP contribution in [0.15, 0.2) is 28.7 Å². The third kappa shape index (κ3) is 5.00. The van der Waals surface area contributed by atoms with E-state index in [1.54, 1.807) is 11.9 Å². The number of halogens is 1. The molecule has 104 valence electrons. The first-order chi connectivity index (χ1) is 8.91. The Morgan fingerprint density at radius 2 is 2.05 bits per heavy atom. The van der Waals surface area contributed by atoms with Crippen molar-refractivity contribution in [2.24, 2.45) is 0 Å². The Morgan fingerprint density at radius 1 is 1.42 bits per heavy atom. The molecule has 5 nitrogen and oxygen atoms in total. The highest BCUT2D eigenvalue weighted by Crippen LogP contribution is 2.17. The van der Waals surface area contributed by atoms with Gasteiger partial charge in [-0.3, -0.25) is 14.9 Å². The molecule has 19 heavy (non-hydrogen) atoms. The minimum Gasteiger partial charge on any atom is -0.480 e. The van der Waals surface area contributed by atoms with Gasteiger partial charge in [0.25, 0.3) is 0 Å². The maximum atomic E-state index is 11.8. The van der Waals surface area contributed by atoms with Crippen LogP contribution in [0.5, 0.6) is 0 Å². The van der Waals surface area contributed by atoms with Crippen LogP contribution in [-0.2, 0) is 16.1 Å². The average molecular weight is 329 g/mol. The van der Waals surface area contributed by atoms with Gasteiger partial charge >= 0.3 is 5.97 Å². The predicted octanol–water partition coefficient (Wildman–Crippen LogP) is 1.47. The Kier molecular flexibility index (Phi) is 5.98. The lowest BCUT2D eigenvalue weighted by Gasteiger charge is -2.19. The molecule has 0 radical (unpaired) electrons. The van der Waals surface area contributed by atoms with Crippen molar-refractivity contribution >= 4 is 27.8 Å². The first kappa shape index (κ1) is 15.7. The van der Waals surface area contributed by atoms with Crippen LogP contribution in [-0.4, -0.2) is 41.5 Å². The number of aliphatic carboxylic acids is 1. The summed E-state index contributed by atoms with van der Waals surface area (Å²) >= 11 is 3.42. The molecule has 6 heteroatoms. The SMILES string of the molecule is C[C@@H](NCC(=O)N(C)Cc1ccccc1Br)C(=O)O. The van der Waals surface area contributed by atoms with Crippen LogP contribution >= 0.6 is 15.9 Å². The summed E-state index contributed by atoms with van der Waals surface area (Å²) in [4.78, 5) is 24.0. The van der Waals surface area contributed by atoms with Gasteiger partial charge in [-0.25, -0.2) is 0 Å². The third-order valence-corrected chi connectivity index (χ3v) is 3.49. The molecule has 1 amide bonds. The number of nitrogens with zero attached hydrogens (tertiary/aromatic N) is 1. The van der Waals surface area contributed by atoms with E-state index in [9.17, 15) is 9.59 Å². The van der Waals surface area contributed by atoms with Crippen LogP contribution < -0.4 is 5.32 Å². The molecule has 0 spiro atoms. The van der Waals surface area contributed by atoms with Crippen molar-refractivity contribution in [1.29, 1.82) is 0 Å². The summed E-state index contributed by atoms with van der Waals surface area (Å²) in [6, 6.07) is 6.93. The molecule has 0 fully saturated rings. The van der Waals surface area contributed by atoms with E-state index < -0.39 is 12.0 Å². The lowest BCUT2D eigenvalue weighted by atomic mass is 10.2. The number of carboxylic acids is 1. The molecule has 0 bridgehead atoms. The van der Waals surface area contributed by atoms with Crippen molar-refractivity contribution in [1.82, 2.24) is 10.2 Å². The molecule has 0 heterocycles. The van der Waals surface area contributed by atoms with Gasteiger partial charge in [0.15, 0.2) is 0 Å². The number of rotatable bonds is 6. The minimum absolute atomic E-state index is 0.00835. The van der Waals surface area contributed by atoms with Gasteiger partial charge in [0.2, 0.25) is 5.91 Å². The van der Waals surface area contributed by atoms with Crippen LogP contribution in [0.1, 0.15) is 12.5 Å². The van der Waals surface area contributed by atoms with Crippen molar-refractivity contribution in [2.75, 3.05) is 13.6 Å². The summed E-state index contributed by atoms with van der Waals surface area (Å²) in [5.74, 6) is -1.12. The van der Waals surface area contributed by atoms with Gasteiger partial charge in [-0.15, -0.1) is 0 Å². The molecule has 1 aromatic rings. The summed E-state index contributed by atoms with van der Waals surface area (Å²) in [6.07, 6.45) is 0. The van der Waals surface area contributed by atoms with Crippen LogP contribution in [0.2, 0.25) is 0 Å². The predicted molar refractivity (Wildman–Crippen MR) is 75.7 cm³/mol. The number of carbonyl (C=O) groups is 2. The molecule has 0 saturated heterocycles. The summed E-state index contributed by atoms with van der Waals surface area (Å²) in [6.45, 7) is 1.99. The van der Waals surface area contributed by atoms with Crippen molar-refractivity contribution in [3.05, 3.63) is 34.3 Å². The standard InChI is InChI=1S/C13H17BrN2O3/c1-9(13(18)19)15-7-12(17)16(2)8-10-5-3-4-6-11(10)14/h3-6,9,15H,7-8H2,1-2H3,(H,18,19)/t9-/m1/s1. The maximum Gasteiger partial charge on any atom is 0.320 e. The second-order valence-corrected chi connectivity index (χ2v) is 5.14. The van der Waals surface area contributed by atoms with Crippen LogP contribution in [0.4, 0.5) is 0 Å². The molecule has 2 N–H and O–H groups in total. The van der Waals surface area contributed by atoms with E-state index in [0.29, 0.717) is 6.54 Å². The molecule has 1 atom stereocenters. The highest BCUT2D eigenvalue weighted by atomic mass is 79.9. The van der Waals surface area contributed by atoms with E-state index in [1.807, 2.05) is 24.3 Å². The fourth-order valence-corrected chi connectivity index (χ4v) is 1.84. The number of nitrogens with one attached hydrogen (secondary N) is 1. The smallest absolute Gasteiger partial charge is 0.320 e. The van der Waals surface area contributed by atoms with Crippen molar-refractivity contribution in [3.8, 4) is 0 Å².